The number of nitrogens with one attached hydrogen (secondary N) is 1. The van der Waals surface area contributed by atoms with Gasteiger partial charge in [-0.15, -0.1) is 22.7 Å². The molecule has 136 valence electrons. The number of thiophene rings is 1. The van der Waals surface area contributed by atoms with Crippen molar-refractivity contribution in [3.63, 3.8) is 0 Å². The summed E-state index contributed by atoms with van der Waals surface area (Å²) in [5, 5.41) is 13.5. The first-order chi connectivity index (χ1) is 12.6. The van der Waals surface area contributed by atoms with Crippen molar-refractivity contribution >= 4 is 38.8 Å². The van der Waals surface area contributed by atoms with Gasteiger partial charge >= 0.3 is 0 Å². The average Bonchev–Trinajstić information content (AvgIpc) is 3.38. The number of hydrogen-bond acceptors (Lipinski definition) is 5. The van der Waals surface area contributed by atoms with Crippen molar-refractivity contribution in [2.45, 2.75) is 44.1 Å². The summed E-state index contributed by atoms with van der Waals surface area (Å²) < 4.78 is 1.04. The van der Waals surface area contributed by atoms with Crippen LogP contribution >= 0.6 is 22.7 Å². The number of para-hydroxylation sites is 1. The number of thiazole rings is 1. The SMILES string of the molecule is CC(O)c1ccc(C2(CNC(=O)c3nc4ccccc4s3)CCCC2)s1. The Morgan fingerprint density at radius 2 is 2.00 bits per heavy atom. The molecule has 1 unspecified atom stereocenters. The van der Waals surface area contributed by atoms with Crippen molar-refractivity contribution in [3.05, 3.63) is 51.2 Å². The van der Waals surface area contributed by atoms with Gasteiger partial charge in [0.2, 0.25) is 0 Å². The molecule has 26 heavy (non-hydrogen) atoms. The molecular weight excluding hydrogens is 364 g/mol. The van der Waals surface area contributed by atoms with Gasteiger partial charge in [-0.3, -0.25) is 4.79 Å². The number of nitrogens with zero attached hydrogens (tertiary/aromatic N) is 1. The summed E-state index contributed by atoms with van der Waals surface area (Å²) in [6.45, 7) is 2.42. The fourth-order valence-electron chi connectivity index (χ4n) is 3.72. The topological polar surface area (TPSA) is 62.2 Å². The second-order valence-electron chi connectivity index (χ2n) is 7.03. The van der Waals surface area contributed by atoms with Crippen molar-refractivity contribution < 1.29 is 9.90 Å². The molecule has 2 N–H and O–H groups in total. The van der Waals surface area contributed by atoms with Crippen LogP contribution < -0.4 is 5.32 Å². The molecule has 0 spiro atoms. The van der Waals surface area contributed by atoms with Crippen LogP contribution in [0.15, 0.2) is 36.4 Å². The standard InChI is InChI=1S/C20H22N2O2S2/c1-13(23)15-8-9-17(25-15)20(10-4-5-11-20)12-21-18(24)19-22-14-6-2-3-7-16(14)26-19/h2-3,6-9,13,23H,4-5,10-12H2,1H3,(H,21,24). The number of benzene rings is 1. The monoisotopic (exact) mass is 386 g/mol. The lowest BCUT2D eigenvalue weighted by molar-refractivity contribution is 0.0943. The lowest BCUT2D eigenvalue weighted by Gasteiger charge is -2.28. The lowest BCUT2D eigenvalue weighted by atomic mass is 9.84. The third-order valence-corrected chi connectivity index (χ3v) is 7.73. The van der Waals surface area contributed by atoms with Crippen molar-refractivity contribution in [2.75, 3.05) is 6.54 Å². The van der Waals surface area contributed by atoms with Gasteiger partial charge in [0.1, 0.15) is 0 Å². The second kappa shape index (κ2) is 7.10. The Morgan fingerprint density at radius 3 is 2.69 bits per heavy atom. The van der Waals surface area contributed by atoms with Crippen LogP contribution in [0.4, 0.5) is 0 Å². The van der Waals surface area contributed by atoms with E-state index in [1.165, 1.54) is 29.1 Å². The molecular formula is C20H22N2O2S2. The van der Waals surface area contributed by atoms with E-state index < -0.39 is 6.10 Å². The summed E-state index contributed by atoms with van der Waals surface area (Å²) in [4.78, 5) is 19.4. The van der Waals surface area contributed by atoms with E-state index in [0.29, 0.717) is 11.6 Å². The number of hydrogen-bond donors (Lipinski definition) is 2. The highest BCUT2D eigenvalue weighted by Crippen LogP contribution is 2.44. The van der Waals surface area contributed by atoms with E-state index in [0.717, 1.165) is 27.9 Å². The Bertz CT molecular complexity index is 890. The minimum absolute atomic E-state index is 0.00977. The van der Waals surface area contributed by atoms with E-state index in [2.05, 4.69) is 16.4 Å². The van der Waals surface area contributed by atoms with Crippen LogP contribution in [0.3, 0.4) is 0 Å². The van der Waals surface area contributed by atoms with Crippen molar-refractivity contribution in [1.29, 1.82) is 0 Å². The molecule has 6 heteroatoms. The average molecular weight is 387 g/mol. The fraction of sp³-hybridized carbons (Fsp3) is 0.400. The van der Waals surface area contributed by atoms with Crippen molar-refractivity contribution in [3.8, 4) is 0 Å². The first kappa shape index (κ1) is 17.6. The zero-order valence-corrected chi connectivity index (χ0v) is 16.3. The maximum atomic E-state index is 12.7. The summed E-state index contributed by atoms with van der Waals surface area (Å²) in [6, 6.07) is 12.0. The Balaban J connectivity index is 1.52. The Morgan fingerprint density at radius 1 is 1.23 bits per heavy atom. The van der Waals surface area contributed by atoms with Crippen molar-refractivity contribution in [1.82, 2.24) is 10.3 Å². The Kier molecular flexibility index (Phi) is 4.82. The molecule has 1 amide bonds. The molecule has 4 nitrogen and oxygen atoms in total. The number of rotatable bonds is 5. The molecule has 0 aliphatic heterocycles. The van der Waals surface area contributed by atoms with Crippen molar-refractivity contribution in [2.24, 2.45) is 0 Å². The largest absolute Gasteiger partial charge is 0.388 e. The Labute approximate surface area is 160 Å². The summed E-state index contributed by atoms with van der Waals surface area (Å²) in [5.74, 6) is -0.0928. The highest BCUT2D eigenvalue weighted by molar-refractivity contribution is 7.20. The van der Waals surface area contributed by atoms with E-state index in [-0.39, 0.29) is 11.3 Å². The molecule has 1 aromatic carbocycles. The molecule has 1 aliphatic rings. The highest BCUT2D eigenvalue weighted by Gasteiger charge is 2.37. The zero-order valence-electron chi connectivity index (χ0n) is 14.7. The van der Waals surface area contributed by atoms with Gasteiger partial charge in [-0.2, -0.15) is 0 Å². The molecule has 0 bridgehead atoms. The Hall–Kier alpha value is -1.76. The number of carbonyl (C=O) groups excluding carboxylic acids is 1. The van der Waals surface area contributed by atoms with Crippen LogP contribution in [-0.2, 0) is 5.41 Å². The molecule has 1 aliphatic carbocycles. The van der Waals surface area contributed by atoms with E-state index in [1.807, 2.05) is 30.3 Å². The summed E-state index contributed by atoms with van der Waals surface area (Å²) >= 11 is 3.11. The molecule has 1 atom stereocenters. The van der Waals surface area contributed by atoms with Gasteiger partial charge in [0.05, 0.1) is 16.3 Å². The van der Waals surface area contributed by atoms with Crippen LogP contribution in [0.25, 0.3) is 10.2 Å². The van der Waals surface area contributed by atoms with Gasteiger partial charge in [-0.25, -0.2) is 4.98 Å². The first-order valence-corrected chi connectivity index (χ1v) is 10.6. The minimum atomic E-state index is -0.440. The molecule has 1 fully saturated rings. The smallest absolute Gasteiger partial charge is 0.280 e. The van der Waals surface area contributed by atoms with Gasteiger partial charge < -0.3 is 10.4 Å². The fourth-order valence-corrected chi connectivity index (χ4v) is 5.79. The molecule has 0 radical (unpaired) electrons. The normalized spacial score (nSPS) is 17.5. The molecule has 0 saturated heterocycles. The zero-order chi connectivity index (χ0) is 18.1. The number of carbonyl (C=O) groups is 1. The predicted molar refractivity (Wildman–Crippen MR) is 107 cm³/mol. The third-order valence-electron chi connectivity index (χ3n) is 5.20. The van der Waals surface area contributed by atoms with Crippen LogP contribution in [0.5, 0.6) is 0 Å². The number of fused-ring (bicyclic) bond motifs is 1. The van der Waals surface area contributed by atoms with Gasteiger partial charge in [0, 0.05) is 21.7 Å². The second-order valence-corrected chi connectivity index (χ2v) is 9.18. The highest BCUT2D eigenvalue weighted by atomic mass is 32.1. The predicted octanol–water partition coefficient (Wildman–Crippen LogP) is 4.65. The third kappa shape index (κ3) is 3.29. The van der Waals surface area contributed by atoms with E-state index >= 15 is 0 Å². The van der Waals surface area contributed by atoms with E-state index in [9.17, 15) is 9.90 Å². The van der Waals surface area contributed by atoms with E-state index in [4.69, 9.17) is 0 Å². The van der Waals surface area contributed by atoms with Gasteiger partial charge in [0.25, 0.3) is 5.91 Å². The molecule has 2 aromatic heterocycles. The molecule has 1 saturated carbocycles. The lowest BCUT2D eigenvalue weighted by Crippen LogP contribution is -2.38. The van der Waals surface area contributed by atoms with Gasteiger partial charge in [-0.1, -0.05) is 25.0 Å². The van der Waals surface area contributed by atoms with E-state index in [1.54, 1.807) is 18.3 Å². The number of aliphatic hydroxyl groups excluding tert-OH is 1. The van der Waals surface area contributed by atoms with Gasteiger partial charge in [0.15, 0.2) is 5.01 Å². The summed E-state index contributed by atoms with van der Waals surface area (Å²) in [5.41, 5.74) is 0.863. The maximum absolute atomic E-state index is 12.7. The quantitative estimate of drug-likeness (QED) is 0.671. The maximum Gasteiger partial charge on any atom is 0.280 e. The first-order valence-electron chi connectivity index (χ1n) is 8.99. The molecule has 2 heterocycles. The van der Waals surface area contributed by atoms with Gasteiger partial charge in [-0.05, 0) is 44.0 Å². The minimum Gasteiger partial charge on any atom is -0.388 e. The van der Waals surface area contributed by atoms with Crippen LogP contribution in [0, 0.1) is 0 Å². The van der Waals surface area contributed by atoms with Crippen LogP contribution in [-0.4, -0.2) is 22.5 Å². The molecule has 4 rings (SSSR count). The van der Waals surface area contributed by atoms with Crippen LogP contribution in [0.1, 0.15) is 58.3 Å². The number of aromatic nitrogens is 1. The van der Waals surface area contributed by atoms with Crippen LogP contribution in [0.2, 0.25) is 0 Å². The summed E-state index contributed by atoms with van der Waals surface area (Å²) in [6.07, 6.45) is 4.07. The molecule has 3 aromatic rings. The summed E-state index contributed by atoms with van der Waals surface area (Å²) in [7, 11) is 0. The number of aliphatic hydroxyl groups is 1. The number of amides is 1.